The Labute approximate surface area is 120 Å². The number of fused-ring (bicyclic) bond motifs is 1. The number of anilines is 1. The van der Waals surface area contributed by atoms with E-state index in [1.54, 1.807) is 12.3 Å². The Morgan fingerprint density at radius 3 is 2.62 bits per heavy atom. The summed E-state index contributed by atoms with van der Waals surface area (Å²) >= 11 is 0. The lowest BCUT2D eigenvalue weighted by molar-refractivity contribution is 0.509. The minimum absolute atomic E-state index is 0.0485. The van der Waals surface area contributed by atoms with E-state index in [0.717, 1.165) is 12.1 Å². The van der Waals surface area contributed by atoms with Gasteiger partial charge >= 0.3 is 0 Å². The van der Waals surface area contributed by atoms with E-state index in [-0.39, 0.29) is 11.7 Å². The molecule has 0 spiro atoms. The number of pyridine rings is 1. The van der Waals surface area contributed by atoms with Gasteiger partial charge in [0, 0.05) is 29.6 Å². The largest absolute Gasteiger partial charge is 0.398 e. The zero-order valence-corrected chi connectivity index (χ0v) is 11.6. The van der Waals surface area contributed by atoms with Gasteiger partial charge in [-0.25, -0.2) is 18.7 Å². The molecule has 0 unspecified atom stereocenters. The van der Waals surface area contributed by atoms with Crippen molar-refractivity contribution in [3.8, 4) is 11.4 Å². The molecule has 4 nitrogen and oxygen atoms in total. The molecule has 0 fully saturated rings. The Balaban J connectivity index is 2.35. The minimum Gasteiger partial charge on any atom is -0.398 e. The van der Waals surface area contributed by atoms with E-state index in [2.05, 4.69) is 9.97 Å². The third-order valence-electron chi connectivity index (χ3n) is 3.30. The molecule has 3 aromatic rings. The summed E-state index contributed by atoms with van der Waals surface area (Å²) in [4.78, 5) is 8.78. The first-order valence-corrected chi connectivity index (χ1v) is 6.57. The number of aromatic nitrogens is 3. The SMILES string of the molecule is CC(C)n1c(-c2cc(F)c(F)cc2N)nc2cccnc21. The summed E-state index contributed by atoms with van der Waals surface area (Å²) in [6.07, 6.45) is 1.67. The number of rotatable bonds is 2. The van der Waals surface area contributed by atoms with Gasteiger partial charge in [-0.05, 0) is 32.0 Å². The van der Waals surface area contributed by atoms with Crippen LogP contribution in [-0.4, -0.2) is 14.5 Å². The summed E-state index contributed by atoms with van der Waals surface area (Å²) in [5.41, 5.74) is 7.71. The number of nitrogens with two attached hydrogens (primary N) is 1. The average Bonchev–Trinajstić information content (AvgIpc) is 2.82. The highest BCUT2D eigenvalue weighted by atomic mass is 19.2. The lowest BCUT2D eigenvalue weighted by atomic mass is 10.1. The number of imidazole rings is 1. The van der Waals surface area contributed by atoms with Gasteiger partial charge in [0.2, 0.25) is 0 Å². The van der Waals surface area contributed by atoms with Gasteiger partial charge in [-0.2, -0.15) is 0 Å². The van der Waals surface area contributed by atoms with Crippen LogP contribution in [0.5, 0.6) is 0 Å². The number of hydrogen-bond acceptors (Lipinski definition) is 3. The molecule has 3 rings (SSSR count). The van der Waals surface area contributed by atoms with E-state index in [9.17, 15) is 8.78 Å². The molecular weight excluding hydrogens is 274 g/mol. The average molecular weight is 288 g/mol. The Morgan fingerprint density at radius 1 is 1.19 bits per heavy atom. The fourth-order valence-corrected chi connectivity index (χ4v) is 2.36. The van der Waals surface area contributed by atoms with E-state index < -0.39 is 11.6 Å². The molecule has 0 atom stereocenters. The summed E-state index contributed by atoms with van der Waals surface area (Å²) in [5.74, 6) is -1.44. The maximum absolute atomic E-state index is 13.5. The van der Waals surface area contributed by atoms with E-state index in [0.29, 0.717) is 22.6 Å². The zero-order chi connectivity index (χ0) is 15.1. The van der Waals surface area contributed by atoms with Gasteiger partial charge < -0.3 is 10.3 Å². The van der Waals surface area contributed by atoms with E-state index in [1.807, 2.05) is 24.5 Å². The van der Waals surface area contributed by atoms with Gasteiger partial charge in [-0.3, -0.25) is 0 Å². The number of nitrogen functional groups attached to an aromatic ring is 1. The molecule has 2 heterocycles. The molecule has 0 saturated heterocycles. The van der Waals surface area contributed by atoms with Crippen molar-refractivity contribution in [3.63, 3.8) is 0 Å². The van der Waals surface area contributed by atoms with Gasteiger partial charge in [0.1, 0.15) is 11.3 Å². The van der Waals surface area contributed by atoms with Gasteiger partial charge in [-0.15, -0.1) is 0 Å². The van der Waals surface area contributed by atoms with Crippen LogP contribution in [0.4, 0.5) is 14.5 Å². The minimum atomic E-state index is -0.971. The lowest BCUT2D eigenvalue weighted by Crippen LogP contribution is -2.06. The smallest absolute Gasteiger partial charge is 0.160 e. The molecule has 0 bridgehead atoms. The Hall–Kier alpha value is -2.50. The topological polar surface area (TPSA) is 56.7 Å². The third-order valence-corrected chi connectivity index (χ3v) is 3.30. The first kappa shape index (κ1) is 13.5. The van der Waals surface area contributed by atoms with Gasteiger partial charge in [0.15, 0.2) is 17.3 Å². The molecule has 2 aromatic heterocycles. The van der Waals surface area contributed by atoms with Crippen molar-refractivity contribution in [1.82, 2.24) is 14.5 Å². The first-order chi connectivity index (χ1) is 9.99. The van der Waals surface area contributed by atoms with Crippen LogP contribution in [-0.2, 0) is 0 Å². The second kappa shape index (κ2) is 4.80. The summed E-state index contributed by atoms with van der Waals surface area (Å²) < 4.78 is 28.7. The molecule has 108 valence electrons. The van der Waals surface area contributed by atoms with Crippen LogP contribution < -0.4 is 5.73 Å². The molecule has 2 N–H and O–H groups in total. The van der Waals surface area contributed by atoms with Crippen molar-refractivity contribution in [2.45, 2.75) is 19.9 Å². The van der Waals surface area contributed by atoms with Crippen molar-refractivity contribution < 1.29 is 8.78 Å². The highest BCUT2D eigenvalue weighted by Gasteiger charge is 2.19. The van der Waals surface area contributed by atoms with Gasteiger partial charge in [-0.1, -0.05) is 0 Å². The standard InChI is InChI=1S/C15H14F2N4/c1-8(2)21-14(20-13-4-3-5-19-15(13)21)9-6-10(16)11(17)7-12(9)18/h3-8H,18H2,1-2H3. The fraction of sp³-hybridized carbons (Fsp3) is 0.200. The quantitative estimate of drug-likeness (QED) is 0.734. The highest BCUT2D eigenvalue weighted by molar-refractivity contribution is 5.81. The monoisotopic (exact) mass is 288 g/mol. The zero-order valence-electron chi connectivity index (χ0n) is 11.6. The molecule has 0 saturated carbocycles. The van der Waals surface area contributed by atoms with Crippen molar-refractivity contribution in [2.24, 2.45) is 0 Å². The second-order valence-electron chi connectivity index (χ2n) is 5.10. The fourth-order valence-electron chi connectivity index (χ4n) is 2.36. The molecule has 0 aliphatic rings. The van der Waals surface area contributed by atoms with Gasteiger partial charge in [0.25, 0.3) is 0 Å². The first-order valence-electron chi connectivity index (χ1n) is 6.57. The number of halogens is 2. The summed E-state index contributed by atoms with van der Waals surface area (Å²) in [7, 11) is 0. The van der Waals surface area contributed by atoms with Crippen molar-refractivity contribution in [2.75, 3.05) is 5.73 Å². The molecular formula is C15H14F2N4. The van der Waals surface area contributed by atoms with Crippen LogP contribution in [0.25, 0.3) is 22.6 Å². The molecule has 1 aromatic carbocycles. The number of benzene rings is 1. The van der Waals surface area contributed by atoms with Crippen LogP contribution in [0.15, 0.2) is 30.5 Å². The molecule has 0 radical (unpaired) electrons. The highest BCUT2D eigenvalue weighted by Crippen LogP contribution is 2.32. The van der Waals surface area contributed by atoms with Crippen LogP contribution in [0, 0.1) is 11.6 Å². The molecule has 21 heavy (non-hydrogen) atoms. The Kier molecular flexibility index (Phi) is 3.08. The molecule has 6 heteroatoms. The molecule has 0 amide bonds. The second-order valence-corrected chi connectivity index (χ2v) is 5.10. The maximum Gasteiger partial charge on any atom is 0.160 e. The van der Waals surface area contributed by atoms with Crippen LogP contribution >= 0.6 is 0 Å². The predicted molar refractivity (Wildman–Crippen MR) is 77.7 cm³/mol. The Bertz CT molecular complexity index is 824. The van der Waals surface area contributed by atoms with E-state index >= 15 is 0 Å². The molecule has 0 aliphatic heterocycles. The van der Waals surface area contributed by atoms with Crippen molar-refractivity contribution >= 4 is 16.9 Å². The van der Waals surface area contributed by atoms with Crippen molar-refractivity contribution in [3.05, 3.63) is 42.1 Å². The summed E-state index contributed by atoms with van der Waals surface area (Å²) in [6, 6.07) is 5.69. The van der Waals surface area contributed by atoms with E-state index in [4.69, 9.17) is 5.73 Å². The van der Waals surface area contributed by atoms with Crippen LogP contribution in [0.2, 0.25) is 0 Å². The van der Waals surface area contributed by atoms with Crippen molar-refractivity contribution in [1.29, 1.82) is 0 Å². The Morgan fingerprint density at radius 2 is 1.90 bits per heavy atom. The third kappa shape index (κ3) is 2.12. The lowest BCUT2D eigenvalue weighted by Gasteiger charge is -2.13. The summed E-state index contributed by atoms with van der Waals surface area (Å²) in [5, 5.41) is 0. The number of hydrogen-bond donors (Lipinski definition) is 1. The van der Waals surface area contributed by atoms with E-state index in [1.165, 1.54) is 0 Å². The van der Waals surface area contributed by atoms with Gasteiger partial charge in [0.05, 0.1) is 0 Å². The predicted octanol–water partition coefficient (Wildman–Crippen LogP) is 3.54. The van der Waals surface area contributed by atoms with Crippen LogP contribution in [0.1, 0.15) is 19.9 Å². The van der Waals surface area contributed by atoms with Crippen LogP contribution in [0.3, 0.4) is 0 Å². The maximum atomic E-state index is 13.5. The molecule has 0 aliphatic carbocycles. The number of nitrogens with zero attached hydrogens (tertiary/aromatic N) is 3. The normalized spacial score (nSPS) is 11.5. The summed E-state index contributed by atoms with van der Waals surface area (Å²) in [6.45, 7) is 3.94.